The van der Waals surface area contributed by atoms with Gasteiger partial charge in [-0.25, -0.2) is 13.6 Å². The van der Waals surface area contributed by atoms with Crippen LogP contribution in [0, 0.1) is 17.6 Å². The van der Waals surface area contributed by atoms with Crippen molar-refractivity contribution in [1.82, 2.24) is 10.6 Å². The van der Waals surface area contributed by atoms with E-state index in [0.717, 1.165) is 12.1 Å². The average Bonchev–Trinajstić information content (AvgIpc) is 2.45. The number of quaternary nitrogens is 1. The summed E-state index contributed by atoms with van der Waals surface area (Å²) in [5.41, 5.74) is 0.566. The molecule has 0 aliphatic carbocycles. The van der Waals surface area contributed by atoms with Crippen LogP contribution in [0.2, 0.25) is 0 Å². The van der Waals surface area contributed by atoms with Crippen molar-refractivity contribution in [3.05, 3.63) is 35.4 Å². The molecule has 122 valence electrons. The fourth-order valence-corrected chi connectivity index (χ4v) is 1.73. The first-order chi connectivity index (χ1) is 10.3. The highest BCUT2D eigenvalue weighted by molar-refractivity contribution is 5.94. The van der Waals surface area contributed by atoms with Crippen molar-refractivity contribution >= 4 is 11.9 Å². The van der Waals surface area contributed by atoms with Gasteiger partial charge in [0, 0.05) is 12.1 Å². The van der Waals surface area contributed by atoms with Gasteiger partial charge >= 0.3 is 6.03 Å². The summed E-state index contributed by atoms with van der Waals surface area (Å²) in [6.45, 7) is 6.14. The maximum absolute atomic E-state index is 13.1. The molecule has 1 rings (SSSR count). The number of carbonyl (C=O) groups is 2. The molecule has 0 aliphatic heterocycles. The number of nitrogens with two attached hydrogens (primary N) is 1. The highest BCUT2D eigenvalue weighted by Crippen LogP contribution is 2.12. The molecule has 0 heterocycles. The molecule has 0 fully saturated rings. The van der Waals surface area contributed by atoms with E-state index in [-0.39, 0.29) is 12.6 Å². The smallest absolute Gasteiger partial charge is 0.321 e. The number of hydrogen-bond donors (Lipinski definition) is 3. The molecular formula is C15H22F2N3O2+. The van der Waals surface area contributed by atoms with Crippen LogP contribution >= 0.6 is 0 Å². The lowest BCUT2D eigenvalue weighted by Gasteiger charge is -2.12. The molecule has 4 N–H and O–H groups in total. The zero-order chi connectivity index (χ0) is 16.7. The minimum absolute atomic E-state index is 0.00919. The Balaban J connectivity index is 2.39. The van der Waals surface area contributed by atoms with Crippen LogP contribution in [0.15, 0.2) is 18.2 Å². The molecule has 0 aliphatic rings. The van der Waals surface area contributed by atoms with Gasteiger partial charge in [-0.1, -0.05) is 13.8 Å². The molecule has 7 heteroatoms. The second-order valence-electron chi connectivity index (χ2n) is 5.55. The van der Waals surface area contributed by atoms with E-state index in [2.05, 4.69) is 10.6 Å². The second kappa shape index (κ2) is 8.43. The number of rotatable bonds is 6. The third kappa shape index (κ3) is 6.17. The van der Waals surface area contributed by atoms with Gasteiger partial charge in [0.15, 0.2) is 18.2 Å². The van der Waals surface area contributed by atoms with Gasteiger partial charge in [-0.15, -0.1) is 0 Å². The molecule has 1 aromatic carbocycles. The number of imide groups is 1. The van der Waals surface area contributed by atoms with Gasteiger partial charge in [-0.05, 0) is 31.0 Å². The van der Waals surface area contributed by atoms with Crippen molar-refractivity contribution in [2.75, 3.05) is 13.1 Å². The lowest BCUT2D eigenvalue weighted by Crippen LogP contribution is -2.87. The van der Waals surface area contributed by atoms with E-state index in [9.17, 15) is 18.4 Å². The van der Waals surface area contributed by atoms with Crippen LogP contribution in [0.3, 0.4) is 0 Å². The van der Waals surface area contributed by atoms with Crippen LogP contribution in [-0.4, -0.2) is 25.0 Å². The molecule has 0 aromatic heterocycles. The van der Waals surface area contributed by atoms with Crippen LogP contribution in [-0.2, 0) is 4.79 Å². The van der Waals surface area contributed by atoms with E-state index in [0.29, 0.717) is 18.0 Å². The number of benzene rings is 1. The first kappa shape index (κ1) is 18.0. The second-order valence-corrected chi connectivity index (χ2v) is 5.55. The van der Waals surface area contributed by atoms with Gasteiger partial charge in [0.1, 0.15) is 6.04 Å². The molecule has 1 atom stereocenters. The molecular weight excluding hydrogens is 292 g/mol. The molecule has 3 amide bonds. The Morgan fingerprint density at radius 2 is 1.86 bits per heavy atom. The standard InChI is InChI=1S/C15H21F2N3O2/c1-9(2)7-19-15(22)20-14(21)8-18-10(3)11-4-5-12(16)13(17)6-11/h4-6,9-10,18H,7-8H2,1-3H3,(H2,19,20,21,22)/p+1/t10-/m1/s1. The molecule has 0 spiro atoms. The summed E-state index contributed by atoms with van der Waals surface area (Å²) in [4.78, 5) is 23.0. The minimum atomic E-state index is -0.921. The van der Waals surface area contributed by atoms with Crippen LogP contribution in [0.1, 0.15) is 32.4 Å². The van der Waals surface area contributed by atoms with Crippen molar-refractivity contribution in [3.8, 4) is 0 Å². The van der Waals surface area contributed by atoms with E-state index in [1.807, 2.05) is 13.8 Å². The Bertz CT molecular complexity index is 536. The van der Waals surface area contributed by atoms with Gasteiger partial charge in [0.05, 0.1) is 0 Å². The first-order valence-electron chi connectivity index (χ1n) is 7.15. The number of amides is 3. The SMILES string of the molecule is CC(C)CNC(=O)NC(=O)C[NH2+][C@H](C)c1ccc(F)c(F)c1. The van der Waals surface area contributed by atoms with Crippen LogP contribution in [0.4, 0.5) is 13.6 Å². The molecule has 1 aromatic rings. The predicted octanol–water partition coefficient (Wildman–Crippen LogP) is 1.07. The lowest BCUT2D eigenvalue weighted by molar-refractivity contribution is -0.682. The lowest BCUT2D eigenvalue weighted by atomic mass is 10.1. The summed E-state index contributed by atoms with van der Waals surface area (Å²) in [6, 6.07) is 2.84. The molecule has 0 radical (unpaired) electrons. The molecule has 0 bridgehead atoms. The van der Waals surface area contributed by atoms with Crippen molar-refractivity contribution in [3.63, 3.8) is 0 Å². The largest absolute Gasteiger partial charge is 0.338 e. The summed E-state index contributed by atoms with van der Waals surface area (Å²) < 4.78 is 26.0. The number of hydrogen-bond acceptors (Lipinski definition) is 2. The minimum Gasteiger partial charge on any atom is -0.338 e. The third-order valence-corrected chi connectivity index (χ3v) is 3.05. The van der Waals surface area contributed by atoms with Gasteiger partial charge in [-0.3, -0.25) is 10.1 Å². The van der Waals surface area contributed by atoms with Crippen molar-refractivity contribution in [2.24, 2.45) is 5.92 Å². The number of carbonyl (C=O) groups excluding carboxylic acids is 2. The molecule has 22 heavy (non-hydrogen) atoms. The number of nitrogens with one attached hydrogen (secondary N) is 2. The van der Waals surface area contributed by atoms with Gasteiger partial charge in [0.2, 0.25) is 0 Å². The monoisotopic (exact) mass is 314 g/mol. The van der Waals surface area contributed by atoms with Crippen LogP contribution in [0.25, 0.3) is 0 Å². The van der Waals surface area contributed by atoms with Gasteiger partial charge in [-0.2, -0.15) is 0 Å². The molecule has 5 nitrogen and oxygen atoms in total. The fourth-order valence-electron chi connectivity index (χ4n) is 1.73. The van der Waals surface area contributed by atoms with Crippen molar-refractivity contribution in [1.29, 1.82) is 0 Å². The van der Waals surface area contributed by atoms with E-state index in [1.54, 1.807) is 12.2 Å². The number of urea groups is 1. The fraction of sp³-hybridized carbons (Fsp3) is 0.467. The summed E-state index contributed by atoms with van der Waals surface area (Å²) in [5, 5.41) is 6.41. The topological polar surface area (TPSA) is 74.8 Å². The highest BCUT2D eigenvalue weighted by Gasteiger charge is 2.15. The Labute approximate surface area is 128 Å². The summed E-state index contributed by atoms with van der Waals surface area (Å²) in [7, 11) is 0. The zero-order valence-corrected chi connectivity index (χ0v) is 13.0. The van der Waals surface area contributed by atoms with Crippen molar-refractivity contribution in [2.45, 2.75) is 26.8 Å². The maximum Gasteiger partial charge on any atom is 0.321 e. The molecule has 0 saturated carbocycles. The van der Waals surface area contributed by atoms with Crippen molar-refractivity contribution < 1.29 is 23.7 Å². The van der Waals surface area contributed by atoms with E-state index < -0.39 is 23.6 Å². The van der Waals surface area contributed by atoms with Gasteiger partial charge in [0.25, 0.3) is 5.91 Å². The first-order valence-corrected chi connectivity index (χ1v) is 7.15. The Morgan fingerprint density at radius 1 is 1.18 bits per heavy atom. The summed E-state index contributed by atoms with van der Waals surface area (Å²) >= 11 is 0. The van der Waals surface area contributed by atoms with Gasteiger partial charge < -0.3 is 10.6 Å². The van der Waals surface area contributed by atoms with E-state index in [1.165, 1.54) is 6.07 Å². The molecule has 0 unspecified atom stereocenters. The van der Waals surface area contributed by atoms with E-state index >= 15 is 0 Å². The zero-order valence-electron chi connectivity index (χ0n) is 13.0. The Hall–Kier alpha value is -2.02. The summed E-state index contributed by atoms with van der Waals surface area (Å²) in [6.07, 6.45) is 0. The van der Waals surface area contributed by atoms with Crippen LogP contribution in [0.5, 0.6) is 0 Å². The number of halogens is 2. The molecule has 0 saturated heterocycles. The average molecular weight is 314 g/mol. The van der Waals surface area contributed by atoms with E-state index in [4.69, 9.17) is 0 Å². The third-order valence-electron chi connectivity index (χ3n) is 3.05. The summed E-state index contributed by atoms with van der Waals surface area (Å²) in [5.74, 6) is -1.98. The van der Waals surface area contributed by atoms with Crippen LogP contribution < -0.4 is 16.0 Å². The maximum atomic E-state index is 13.1. The highest BCUT2D eigenvalue weighted by atomic mass is 19.2. The normalized spacial score (nSPS) is 12.1. The predicted molar refractivity (Wildman–Crippen MR) is 77.9 cm³/mol. The Morgan fingerprint density at radius 3 is 2.45 bits per heavy atom. The Kier molecular flexibility index (Phi) is 6.91. The quantitative estimate of drug-likeness (QED) is 0.735.